The van der Waals surface area contributed by atoms with Gasteiger partial charge in [-0.1, -0.05) is 4.98 Å². The predicted octanol–water partition coefficient (Wildman–Crippen LogP) is 1.49. The number of fused-ring (bicyclic) bond motifs is 1. The van der Waals surface area contributed by atoms with Crippen LogP contribution in [0.25, 0.3) is 17.0 Å². The first-order valence-corrected chi connectivity index (χ1v) is 10.2. The van der Waals surface area contributed by atoms with E-state index in [9.17, 15) is 9.59 Å². The van der Waals surface area contributed by atoms with E-state index < -0.39 is 0 Å². The fraction of sp³-hybridized carbons (Fsp3) is 0.381. The number of nitrogens with one attached hydrogen (secondary N) is 2. The highest BCUT2D eigenvalue weighted by molar-refractivity contribution is 6.00. The van der Waals surface area contributed by atoms with Gasteiger partial charge in [0.2, 0.25) is 12.0 Å². The zero-order valence-electron chi connectivity index (χ0n) is 17.4. The molecule has 0 unspecified atom stereocenters. The smallest absolute Gasteiger partial charge is 0.375 e. The minimum atomic E-state index is -0.217. The van der Waals surface area contributed by atoms with Crippen molar-refractivity contribution < 1.29 is 14.2 Å². The average Bonchev–Trinajstić information content (AvgIpc) is 3.18. The maximum atomic E-state index is 12.9. The van der Waals surface area contributed by atoms with Gasteiger partial charge < -0.3 is 10.6 Å². The first-order chi connectivity index (χ1) is 14.9. The molecule has 0 radical (unpaired) electrons. The van der Waals surface area contributed by atoms with E-state index in [0.717, 1.165) is 0 Å². The number of amides is 1. The van der Waals surface area contributed by atoms with Gasteiger partial charge in [-0.2, -0.15) is 4.57 Å². The summed E-state index contributed by atoms with van der Waals surface area (Å²) in [7, 11) is 0. The third-order valence-electron chi connectivity index (χ3n) is 5.15. The van der Waals surface area contributed by atoms with Crippen LogP contribution in [0.2, 0.25) is 0 Å². The number of aromatic nitrogens is 5. The highest BCUT2D eigenvalue weighted by atomic mass is 16.2. The number of imidazole rings is 1. The summed E-state index contributed by atoms with van der Waals surface area (Å²) < 4.78 is 2.97. The van der Waals surface area contributed by atoms with Crippen LogP contribution in [0.4, 0.5) is 5.69 Å². The van der Waals surface area contributed by atoms with E-state index in [2.05, 4.69) is 25.6 Å². The molecule has 3 aromatic heterocycles. The quantitative estimate of drug-likeness (QED) is 0.599. The van der Waals surface area contributed by atoms with Crippen molar-refractivity contribution >= 4 is 28.5 Å². The number of rotatable bonds is 5. The Labute approximate surface area is 179 Å². The number of nitriles is 1. The Bertz CT molecular complexity index is 1180. The van der Waals surface area contributed by atoms with Gasteiger partial charge in [0.1, 0.15) is 24.1 Å². The van der Waals surface area contributed by atoms with Gasteiger partial charge in [-0.15, -0.1) is 0 Å². The summed E-state index contributed by atoms with van der Waals surface area (Å²) in [5, 5.41) is 15.4. The Hall–Kier alpha value is -3.87. The lowest BCUT2D eigenvalue weighted by atomic mass is 9.94. The van der Waals surface area contributed by atoms with Gasteiger partial charge in [-0.05, 0) is 26.7 Å². The van der Waals surface area contributed by atoms with Crippen molar-refractivity contribution in [3.63, 3.8) is 0 Å². The first-order valence-electron chi connectivity index (χ1n) is 10.2. The predicted molar refractivity (Wildman–Crippen MR) is 111 cm³/mol. The van der Waals surface area contributed by atoms with E-state index in [-0.39, 0.29) is 23.8 Å². The number of nitrogens with zero attached hydrogens (tertiary/aromatic N) is 6. The monoisotopic (exact) mass is 419 g/mol. The van der Waals surface area contributed by atoms with Crippen LogP contribution >= 0.6 is 0 Å². The molecule has 0 bridgehead atoms. The van der Waals surface area contributed by atoms with Gasteiger partial charge in [0.05, 0.1) is 11.3 Å². The molecule has 1 aliphatic rings. The largest absolute Gasteiger partial charge is 0.382 e. The molecule has 3 aromatic rings. The van der Waals surface area contributed by atoms with E-state index in [1.165, 1.54) is 17.1 Å². The summed E-state index contributed by atoms with van der Waals surface area (Å²) in [5.74, 6) is 0.582. The maximum absolute atomic E-state index is 12.9. The minimum Gasteiger partial charge on any atom is -0.382 e. The molecule has 0 spiro atoms. The number of ketones is 1. The molecule has 2 N–H and O–H groups in total. The zero-order chi connectivity index (χ0) is 22.0. The fourth-order valence-electron chi connectivity index (χ4n) is 3.61. The highest BCUT2D eigenvalue weighted by Gasteiger charge is 2.23. The second-order valence-corrected chi connectivity index (χ2v) is 7.88. The van der Waals surface area contributed by atoms with E-state index in [0.29, 0.717) is 53.9 Å². The van der Waals surface area contributed by atoms with Gasteiger partial charge in [0, 0.05) is 42.5 Å². The van der Waals surface area contributed by atoms with E-state index >= 15 is 0 Å². The van der Waals surface area contributed by atoms with Crippen LogP contribution < -0.4 is 15.2 Å². The van der Waals surface area contributed by atoms with Gasteiger partial charge in [0.25, 0.3) is 5.91 Å². The Morgan fingerprint density at radius 2 is 2.06 bits per heavy atom. The Morgan fingerprint density at radius 1 is 1.29 bits per heavy atom. The third kappa shape index (κ3) is 4.35. The molecule has 0 aliphatic heterocycles. The lowest BCUT2D eigenvalue weighted by molar-refractivity contribution is -0.588. The van der Waals surface area contributed by atoms with Crippen molar-refractivity contribution in [3.8, 4) is 12.0 Å². The molecule has 0 aromatic carbocycles. The molecule has 1 fully saturated rings. The van der Waals surface area contributed by atoms with Crippen molar-refractivity contribution in [1.82, 2.24) is 24.8 Å². The number of carbonyl (C=O) groups is 2. The number of anilines is 1. The normalized spacial score (nSPS) is 14.6. The van der Waals surface area contributed by atoms with Crippen molar-refractivity contribution in [1.29, 1.82) is 5.26 Å². The summed E-state index contributed by atoms with van der Waals surface area (Å²) in [4.78, 5) is 37.4. The molecular formula is C21H23N8O2+. The van der Waals surface area contributed by atoms with Crippen molar-refractivity contribution in [2.75, 3.05) is 5.32 Å². The molecule has 158 valence electrons. The second-order valence-electron chi connectivity index (χ2n) is 7.88. The molecule has 0 atom stereocenters. The Morgan fingerprint density at radius 3 is 2.77 bits per heavy atom. The summed E-state index contributed by atoms with van der Waals surface area (Å²) >= 11 is 0. The lowest BCUT2D eigenvalue weighted by Gasteiger charge is -2.23. The molecule has 1 amide bonds. The third-order valence-corrected chi connectivity index (χ3v) is 5.15. The summed E-state index contributed by atoms with van der Waals surface area (Å²) in [6.45, 7) is 3.98. The van der Waals surface area contributed by atoms with Crippen LogP contribution in [-0.4, -0.2) is 43.3 Å². The van der Waals surface area contributed by atoms with Gasteiger partial charge in [-0.25, -0.2) is 9.97 Å². The molecule has 1 saturated carbocycles. The van der Waals surface area contributed by atoms with Gasteiger partial charge >= 0.3 is 6.19 Å². The van der Waals surface area contributed by atoms with E-state index in [1.807, 2.05) is 20.0 Å². The molecule has 31 heavy (non-hydrogen) atoms. The molecule has 1 aliphatic carbocycles. The Balaban J connectivity index is 1.65. The summed E-state index contributed by atoms with van der Waals surface area (Å²) in [5.41, 5.74) is 2.19. The number of hydrogen-bond donors (Lipinski definition) is 2. The maximum Gasteiger partial charge on any atom is 0.375 e. The van der Waals surface area contributed by atoms with Crippen molar-refractivity contribution in [2.45, 2.75) is 51.6 Å². The SMILES string of the molecule is CC(C)Nc1cc(-n2cnc3c[n+](C#N)cnc32)ncc1C(=O)NC1CCC(=O)CC1. The summed E-state index contributed by atoms with van der Waals surface area (Å²) in [6, 6.07) is 1.87. The molecular weight excluding hydrogens is 396 g/mol. The first kappa shape index (κ1) is 20.4. The number of hydrogen-bond acceptors (Lipinski definition) is 7. The van der Waals surface area contributed by atoms with Gasteiger partial charge in [0.15, 0.2) is 5.52 Å². The summed E-state index contributed by atoms with van der Waals surface area (Å²) in [6.07, 6.45) is 10.4. The number of carbonyl (C=O) groups excluding carboxylic acids is 2. The molecule has 4 rings (SSSR count). The molecule has 10 nitrogen and oxygen atoms in total. The second kappa shape index (κ2) is 8.47. The topological polar surface area (TPSA) is 129 Å². The standard InChI is InChI=1S/C21H22N8O2/c1-13(2)26-17-7-19(29-12-24-18-9-28(10-22)11-25-20(18)29)23-8-16(17)21(31)27-14-3-5-15(30)6-4-14/h7-9,11-14H,3-6H2,1-2H3,(H-,23,26,27,31)/p+1. The number of Topliss-reactive ketones (excluding diaryl/α,β-unsaturated/α-hetero) is 1. The minimum absolute atomic E-state index is 0.00889. The lowest BCUT2D eigenvalue weighted by Crippen LogP contribution is -2.38. The molecule has 10 heteroatoms. The van der Waals surface area contributed by atoms with Crippen LogP contribution in [-0.2, 0) is 4.79 Å². The molecule has 0 saturated heterocycles. The number of pyridine rings is 1. The van der Waals surface area contributed by atoms with Crippen molar-refractivity contribution in [2.24, 2.45) is 0 Å². The zero-order valence-corrected chi connectivity index (χ0v) is 17.4. The van der Waals surface area contributed by atoms with Crippen LogP contribution in [0.3, 0.4) is 0 Å². The molecule has 3 heterocycles. The van der Waals surface area contributed by atoms with Crippen LogP contribution in [0, 0.1) is 11.5 Å². The Kier molecular flexibility index (Phi) is 5.58. The van der Waals surface area contributed by atoms with Crippen molar-refractivity contribution in [3.05, 3.63) is 36.7 Å². The van der Waals surface area contributed by atoms with E-state index in [4.69, 9.17) is 5.26 Å². The van der Waals surface area contributed by atoms with E-state index in [1.54, 1.807) is 23.2 Å². The van der Waals surface area contributed by atoms with Gasteiger partial charge in [-0.3, -0.25) is 14.2 Å². The fourth-order valence-corrected chi connectivity index (χ4v) is 3.61. The average molecular weight is 419 g/mol. The highest BCUT2D eigenvalue weighted by Crippen LogP contribution is 2.22. The van der Waals surface area contributed by atoms with Crippen LogP contribution in [0.5, 0.6) is 0 Å². The van der Waals surface area contributed by atoms with Crippen LogP contribution in [0.15, 0.2) is 31.1 Å². The van der Waals surface area contributed by atoms with Crippen LogP contribution in [0.1, 0.15) is 49.9 Å².